The second kappa shape index (κ2) is 9.06. The van der Waals surface area contributed by atoms with Gasteiger partial charge in [-0.1, -0.05) is 0 Å². The Bertz CT molecular complexity index is 1290. The van der Waals surface area contributed by atoms with Gasteiger partial charge in [0.1, 0.15) is 27.0 Å². The first-order valence-corrected chi connectivity index (χ1v) is 13.2. The second-order valence-electron chi connectivity index (χ2n) is 8.99. The summed E-state index contributed by atoms with van der Waals surface area (Å²) < 4.78 is 53.5. The second-order valence-corrected chi connectivity index (χ2v) is 11.3. The Balaban J connectivity index is 1.51. The molecule has 0 unspecified atom stereocenters. The van der Waals surface area contributed by atoms with Crippen LogP contribution in [0.1, 0.15) is 44.6 Å². The largest absolute Gasteiger partial charge is 0.393 e. The number of aliphatic hydroxyl groups is 1. The Hall–Kier alpha value is -2.86. The molecule has 1 saturated heterocycles. The first-order valence-electron chi connectivity index (χ1n) is 11.4. The fourth-order valence-electron chi connectivity index (χ4n) is 4.64. The number of aromatic nitrogens is 4. The van der Waals surface area contributed by atoms with Gasteiger partial charge in [-0.25, -0.2) is 27.2 Å². The number of nitrogens with one attached hydrogen (secondary N) is 2. The lowest BCUT2D eigenvalue weighted by molar-refractivity contribution is 0.126. The molecule has 0 amide bonds. The zero-order valence-corrected chi connectivity index (χ0v) is 19.2. The van der Waals surface area contributed by atoms with Gasteiger partial charge in [0.2, 0.25) is 11.9 Å². The van der Waals surface area contributed by atoms with Crippen LogP contribution >= 0.6 is 0 Å². The molecule has 1 saturated carbocycles. The van der Waals surface area contributed by atoms with Crippen LogP contribution in [0.15, 0.2) is 24.4 Å². The van der Waals surface area contributed by atoms with Gasteiger partial charge in [-0.3, -0.25) is 4.57 Å². The quantitative estimate of drug-likeness (QED) is 0.496. The van der Waals surface area contributed by atoms with Crippen LogP contribution in [0.4, 0.5) is 26.4 Å². The van der Waals surface area contributed by atoms with Crippen LogP contribution in [0.25, 0.3) is 11.2 Å². The molecule has 0 bridgehead atoms. The number of halogens is 2. The molecular formula is C22H26F2N6O3S. The van der Waals surface area contributed by atoms with Gasteiger partial charge in [0.25, 0.3) is 0 Å². The van der Waals surface area contributed by atoms with E-state index >= 15 is 0 Å². The Morgan fingerprint density at radius 3 is 2.47 bits per heavy atom. The molecule has 2 aromatic heterocycles. The first-order chi connectivity index (χ1) is 16.3. The van der Waals surface area contributed by atoms with Crippen molar-refractivity contribution < 1.29 is 22.3 Å². The summed E-state index contributed by atoms with van der Waals surface area (Å²) in [5.74, 6) is -0.663. The van der Waals surface area contributed by atoms with E-state index < -0.39 is 21.5 Å². The van der Waals surface area contributed by atoms with Crippen molar-refractivity contribution in [3.8, 4) is 0 Å². The van der Waals surface area contributed by atoms with Gasteiger partial charge >= 0.3 is 0 Å². The standard InChI is InChI=1S/C22H26F2N6O3S/c23-13-1-6-18(17(24)11-13)27-22-28-19-12-25-21(26-14-2-4-16(31)5-3-14)29-20(19)30(22)15-7-9-34(32,33)10-8-15/h1,6,11-12,14-16,31H,2-5,7-10H2,(H,27,28)(H,25,26,29). The normalized spacial score (nSPS) is 23.1. The summed E-state index contributed by atoms with van der Waals surface area (Å²) >= 11 is 0. The minimum absolute atomic E-state index is 0.0439. The maximum atomic E-state index is 14.3. The van der Waals surface area contributed by atoms with Crippen molar-refractivity contribution in [2.45, 2.75) is 56.7 Å². The molecule has 1 aliphatic heterocycles. The zero-order chi connectivity index (χ0) is 23.9. The maximum absolute atomic E-state index is 14.3. The number of sulfone groups is 1. The number of hydrogen-bond donors (Lipinski definition) is 3. The first kappa shape index (κ1) is 22.9. The van der Waals surface area contributed by atoms with E-state index in [-0.39, 0.29) is 41.3 Å². The summed E-state index contributed by atoms with van der Waals surface area (Å²) in [5, 5.41) is 16.0. The van der Waals surface area contributed by atoms with E-state index in [2.05, 4.69) is 25.6 Å². The van der Waals surface area contributed by atoms with Crippen molar-refractivity contribution in [2.75, 3.05) is 22.1 Å². The number of fused-ring (bicyclic) bond motifs is 1. The van der Waals surface area contributed by atoms with Crippen molar-refractivity contribution >= 4 is 38.6 Å². The van der Waals surface area contributed by atoms with Crippen molar-refractivity contribution in [1.29, 1.82) is 0 Å². The molecule has 3 N–H and O–H groups in total. The lowest BCUT2D eigenvalue weighted by Gasteiger charge is -2.26. The molecule has 5 rings (SSSR count). The molecule has 0 spiro atoms. The monoisotopic (exact) mass is 492 g/mol. The number of imidazole rings is 1. The number of hydrogen-bond acceptors (Lipinski definition) is 8. The fourth-order valence-corrected chi connectivity index (χ4v) is 6.11. The molecule has 2 fully saturated rings. The van der Waals surface area contributed by atoms with E-state index in [4.69, 9.17) is 0 Å². The Morgan fingerprint density at radius 1 is 1.03 bits per heavy atom. The fraction of sp³-hybridized carbons (Fsp3) is 0.500. The van der Waals surface area contributed by atoms with Gasteiger partial charge in [0.15, 0.2) is 5.65 Å². The van der Waals surface area contributed by atoms with E-state index in [1.165, 1.54) is 6.07 Å². The Kier molecular flexibility index (Phi) is 6.11. The highest BCUT2D eigenvalue weighted by molar-refractivity contribution is 7.91. The predicted molar refractivity (Wildman–Crippen MR) is 124 cm³/mol. The number of aliphatic hydroxyl groups excluding tert-OH is 1. The van der Waals surface area contributed by atoms with E-state index in [0.29, 0.717) is 42.8 Å². The van der Waals surface area contributed by atoms with Crippen molar-refractivity contribution in [2.24, 2.45) is 0 Å². The number of nitrogens with zero attached hydrogens (tertiary/aromatic N) is 4. The van der Waals surface area contributed by atoms with Crippen LogP contribution in [0.5, 0.6) is 0 Å². The van der Waals surface area contributed by atoms with Gasteiger partial charge in [0.05, 0.1) is 29.5 Å². The molecule has 3 heterocycles. The summed E-state index contributed by atoms with van der Waals surface area (Å²) in [4.78, 5) is 13.6. The zero-order valence-electron chi connectivity index (χ0n) is 18.4. The lowest BCUT2D eigenvalue weighted by atomic mass is 9.93. The molecule has 1 aromatic carbocycles. The molecule has 9 nitrogen and oxygen atoms in total. The van der Waals surface area contributed by atoms with Crippen LogP contribution in [-0.2, 0) is 9.84 Å². The van der Waals surface area contributed by atoms with Gasteiger partial charge in [-0.2, -0.15) is 4.98 Å². The molecule has 0 radical (unpaired) electrons. The van der Waals surface area contributed by atoms with E-state index in [0.717, 1.165) is 25.0 Å². The maximum Gasteiger partial charge on any atom is 0.224 e. The third-order valence-corrected chi connectivity index (χ3v) is 8.25. The van der Waals surface area contributed by atoms with Crippen LogP contribution in [0, 0.1) is 11.6 Å². The Morgan fingerprint density at radius 2 is 1.76 bits per heavy atom. The predicted octanol–water partition coefficient (Wildman–Crippen LogP) is 3.31. The molecule has 34 heavy (non-hydrogen) atoms. The summed E-state index contributed by atoms with van der Waals surface area (Å²) in [7, 11) is -3.10. The highest BCUT2D eigenvalue weighted by Crippen LogP contribution is 2.33. The third kappa shape index (κ3) is 4.83. The molecule has 12 heteroatoms. The van der Waals surface area contributed by atoms with Crippen LogP contribution in [0.2, 0.25) is 0 Å². The summed E-state index contributed by atoms with van der Waals surface area (Å²) in [6.07, 6.45) is 5.09. The molecule has 2 aliphatic rings. The minimum Gasteiger partial charge on any atom is -0.393 e. The van der Waals surface area contributed by atoms with Crippen molar-refractivity contribution in [3.63, 3.8) is 0 Å². The number of benzene rings is 1. The van der Waals surface area contributed by atoms with E-state index in [9.17, 15) is 22.3 Å². The highest BCUT2D eigenvalue weighted by atomic mass is 32.2. The van der Waals surface area contributed by atoms with Crippen LogP contribution in [-0.4, -0.2) is 56.7 Å². The van der Waals surface area contributed by atoms with E-state index in [1.807, 2.05) is 0 Å². The minimum atomic E-state index is -3.10. The molecule has 1 aliphatic carbocycles. The van der Waals surface area contributed by atoms with Gasteiger partial charge in [-0.05, 0) is 50.7 Å². The van der Waals surface area contributed by atoms with Crippen LogP contribution in [0.3, 0.4) is 0 Å². The number of anilines is 3. The topological polar surface area (TPSA) is 122 Å². The summed E-state index contributed by atoms with van der Waals surface area (Å²) in [6, 6.07) is 3.14. The van der Waals surface area contributed by atoms with Gasteiger partial charge in [-0.15, -0.1) is 0 Å². The molecule has 0 atom stereocenters. The van der Waals surface area contributed by atoms with E-state index in [1.54, 1.807) is 10.8 Å². The third-order valence-electron chi connectivity index (χ3n) is 6.53. The highest BCUT2D eigenvalue weighted by Gasteiger charge is 2.29. The van der Waals surface area contributed by atoms with Gasteiger partial charge < -0.3 is 15.7 Å². The molecular weight excluding hydrogens is 466 g/mol. The van der Waals surface area contributed by atoms with Crippen LogP contribution < -0.4 is 10.6 Å². The number of rotatable bonds is 5. The smallest absolute Gasteiger partial charge is 0.224 e. The lowest BCUT2D eigenvalue weighted by Crippen LogP contribution is -2.29. The SMILES string of the molecule is O=S1(=O)CCC(n2c(Nc3ccc(F)cc3F)nc3cnc(NC4CCC(O)CC4)nc32)CC1. The molecule has 3 aromatic rings. The summed E-state index contributed by atoms with van der Waals surface area (Å²) in [6.45, 7) is 0. The van der Waals surface area contributed by atoms with Crippen molar-refractivity contribution in [1.82, 2.24) is 19.5 Å². The molecule has 182 valence electrons. The average Bonchev–Trinajstić information content (AvgIpc) is 3.14. The summed E-state index contributed by atoms with van der Waals surface area (Å²) in [5.41, 5.74) is 1.03. The van der Waals surface area contributed by atoms with Gasteiger partial charge in [0, 0.05) is 18.2 Å². The van der Waals surface area contributed by atoms with Crippen molar-refractivity contribution in [3.05, 3.63) is 36.0 Å². The Labute approximate surface area is 195 Å². The average molecular weight is 493 g/mol.